The summed E-state index contributed by atoms with van der Waals surface area (Å²) in [6.07, 6.45) is 3.55. The molecule has 1 saturated heterocycles. The lowest BCUT2D eigenvalue weighted by molar-refractivity contribution is -0.107. The molecule has 0 spiro atoms. The number of thioether (sulfide) groups is 1. The Morgan fingerprint density at radius 1 is 1.26 bits per heavy atom. The maximum Gasteiger partial charge on any atom is 0.182 e. The van der Waals surface area contributed by atoms with E-state index in [4.69, 9.17) is 4.74 Å². The van der Waals surface area contributed by atoms with Gasteiger partial charge in [-0.15, -0.1) is 11.8 Å². The second kappa shape index (κ2) is 9.85. The highest BCUT2D eigenvalue weighted by molar-refractivity contribution is 7.98. The molecular formula is C18H27NO3S. The van der Waals surface area contributed by atoms with E-state index in [9.17, 15) is 9.59 Å². The molecule has 0 N–H and O–H groups in total. The molecule has 1 fully saturated rings. The van der Waals surface area contributed by atoms with Gasteiger partial charge in [-0.1, -0.05) is 19.1 Å². The summed E-state index contributed by atoms with van der Waals surface area (Å²) in [6, 6.07) is 7.87. The molecule has 2 rings (SSSR count). The van der Waals surface area contributed by atoms with E-state index >= 15 is 0 Å². The van der Waals surface area contributed by atoms with Crippen molar-refractivity contribution >= 4 is 23.8 Å². The summed E-state index contributed by atoms with van der Waals surface area (Å²) >= 11 is 1.69. The van der Waals surface area contributed by atoms with Crippen LogP contribution in [0, 0.1) is 0 Å². The number of Topliss-reactive ketones (excluding diaryl/α,β-unsaturated/α-hetero) is 1. The number of nitrogens with zero attached hydrogens (tertiary/aromatic N) is 1. The van der Waals surface area contributed by atoms with E-state index in [1.54, 1.807) is 11.8 Å². The Labute approximate surface area is 143 Å². The Kier molecular flexibility index (Phi) is 8.52. The maximum absolute atomic E-state index is 12.7. The first-order valence-electron chi connectivity index (χ1n) is 7.92. The number of morpholine rings is 1. The summed E-state index contributed by atoms with van der Waals surface area (Å²) in [7, 11) is 0. The first kappa shape index (κ1) is 19.9. The van der Waals surface area contributed by atoms with Crippen LogP contribution in [0.5, 0.6) is 0 Å². The van der Waals surface area contributed by atoms with Crippen LogP contribution in [-0.4, -0.2) is 55.1 Å². The standard InChI is InChI=1S/C15H21NO2S.C3H6O/c1-15(2,16-8-10-18-11-9-16)14(17)12-4-6-13(19-3)7-5-12;1-2-3-4/h4-7H,8-11H2,1-3H3;3H,2H2,1H3. The van der Waals surface area contributed by atoms with Crippen molar-refractivity contribution in [2.24, 2.45) is 0 Å². The van der Waals surface area contributed by atoms with Crippen molar-refractivity contribution in [1.82, 2.24) is 4.90 Å². The van der Waals surface area contributed by atoms with Gasteiger partial charge in [0.2, 0.25) is 0 Å². The minimum Gasteiger partial charge on any atom is -0.379 e. The van der Waals surface area contributed by atoms with Crippen LogP contribution in [0.3, 0.4) is 0 Å². The zero-order valence-corrected chi connectivity index (χ0v) is 15.3. The summed E-state index contributed by atoms with van der Waals surface area (Å²) in [4.78, 5) is 25.2. The normalized spacial score (nSPS) is 15.5. The van der Waals surface area contributed by atoms with Crippen LogP contribution in [0.25, 0.3) is 0 Å². The fourth-order valence-electron chi connectivity index (χ4n) is 2.36. The Balaban J connectivity index is 0.000000593. The zero-order chi connectivity index (χ0) is 17.3. The number of rotatable bonds is 5. The van der Waals surface area contributed by atoms with Crippen LogP contribution < -0.4 is 0 Å². The van der Waals surface area contributed by atoms with E-state index in [0.717, 1.165) is 24.9 Å². The predicted octanol–water partition coefficient (Wildman–Crippen LogP) is 3.30. The van der Waals surface area contributed by atoms with Crippen LogP contribution in [0.4, 0.5) is 0 Å². The van der Waals surface area contributed by atoms with E-state index in [-0.39, 0.29) is 5.78 Å². The summed E-state index contributed by atoms with van der Waals surface area (Å²) in [6.45, 7) is 8.88. The molecule has 1 heterocycles. The summed E-state index contributed by atoms with van der Waals surface area (Å²) in [5.41, 5.74) is 0.319. The van der Waals surface area contributed by atoms with Gasteiger partial charge < -0.3 is 9.53 Å². The molecule has 0 atom stereocenters. The molecule has 1 aliphatic rings. The number of aldehydes is 1. The van der Waals surface area contributed by atoms with E-state index in [0.29, 0.717) is 19.6 Å². The maximum atomic E-state index is 12.7. The second-order valence-corrected chi connectivity index (χ2v) is 6.67. The molecule has 0 bridgehead atoms. The van der Waals surface area contributed by atoms with E-state index in [2.05, 4.69) is 4.90 Å². The van der Waals surface area contributed by atoms with Gasteiger partial charge in [0.05, 0.1) is 18.8 Å². The Morgan fingerprint density at radius 3 is 2.22 bits per heavy atom. The molecular weight excluding hydrogens is 310 g/mol. The smallest absolute Gasteiger partial charge is 0.182 e. The fourth-order valence-corrected chi connectivity index (χ4v) is 2.77. The second-order valence-electron chi connectivity index (χ2n) is 5.79. The van der Waals surface area contributed by atoms with E-state index in [1.165, 1.54) is 4.90 Å². The summed E-state index contributed by atoms with van der Waals surface area (Å²) in [5, 5.41) is 0. The van der Waals surface area contributed by atoms with Crippen molar-refractivity contribution in [3.05, 3.63) is 29.8 Å². The van der Waals surface area contributed by atoms with Crippen LogP contribution in [0.2, 0.25) is 0 Å². The molecule has 23 heavy (non-hydrogen) atoms. The molecule has 1 aromatic carbocycles. The fraction of sp³-hybridized carbons (Fsp3) is 0.556. The third-order valence-electron chi connectivity index (χ3n) is 3.88. The van der Waals surface area contributed by atoms with Crippen LogP contribution in [0.1, 0.15) is 37.6 Å². The van der Waals surface area contributed by atoms with Gasteiger partial charge in [-0.3, -0.25) is 9.69 Å². The van der Waals surface area contributed by atoms with E-state index < -0.39 is 5.54 Å². The van der Waals surface area contributed by atoms with Crippen molar-refractivity contribution < 1.29 is 14.3 Å². The average molecular weight is 337 g/mol. The van der Waals surface area contributed by atoms with Crippen molar-refractivity contribution in [2.75, 3.05) is 32.6 Å². The minimum absolute atomic E-state index is 0.182. The molecule has 0 amide bonds. The quantitative estimate of drug-likeness (QED) is 0.469. The molecule has 4 nitrogen and oxygen atoms in total. The number of benzene rings is 1. The highest BCUT2D eigenvalue weighted by Crippen LogP contribution is 2.23. The van der Waals surface area contributed by atoms with Gasteiger partial charge in [0.25, 0.3) is 0 Å². The molecule has 0 radical (unpaired) electrons. The number of carbonyl (C=O) groups excluding carboxylic acids is 2. The highest BCUT2D eigenvalue weighted by Gasteiger charge is 2.35. The largest absolute Gasteiger partial charge is 0.379 e. The zero-order valence-electron chi connectivity index (χ0n) is 14.5. The van der Waals surface area contributed by atoms with Crippen LogP contribution in [0.15, 0.2) is 29.2 Å². The molecule has 0 unspecified atom stereocenters. The lowest BCUT2D eigenvalue weighted by atomic mass is 9.91. The minimum atomic E-state index is -0.468. The third kappa shape index (κ3) is 5.75. The molecule has 1 aromatic rings. The van der Waals surface area contributed by atoms with E-state index in [1.807, 2.05) is 51.3 Å². The lowest BCUT2D eigenvalue weighted by Crippen LogP contribution is -2.54. The summed E-state index contributed by atoms with van der Waals surface area (Å²) in [5.74, 6) is 0.182. The van der Waals surface area contributed by atoms with Crippen molar-refractivity contribution in [1.29, 1.82) is 0 Å². The Hall–Kier alpha value is -1.17. The number of ketones is 1. The van der Waals surface area contributed by atoms with Gasteiger partial charge in [0.1, 0.15) is 6.29 Å². The van der Waals surface area contributed by atoms with Gasteiger partial charge in [0, 0.05) is 30.0 Å². The first-order chi connectivity index (χ1) is 11.0. The first-order valence-corrected chi connectivity index (χ1v) is 9.15. The third-order valence-corrected chi connectivity index (χ3v) is 4.62. The van der Waals surface area contributed by atoms with Crippen molar-refractivity contribution in [3.63, 3.8) is 0 Å². The molecule has 128 valence electrons. The monoisotopic (exact) mass is 337 g/mol. The Morgan fingerprint density at radius 2 is 1.78 bits per heavy atom. The SMILES string of the molecule is CCC=O.CSc1ccc(C(=O)C(C)(C)N2CCOCC2)cc1. The average Bonchev–Trinajstić information content (AvgIpc) is 2.62. The van der Waals surface area contributed by atoms with Crippen LogP contribution >= 0.6 is 11.8 Å². The van der Waals surface area contributed by atoms with Gasteiger partial charge in [-0.05, 0) is 32.2 Å². The molecule has 0 aromatic heterocycles. The van der Waals surface area contributed by atoms with Gasteiger partial charge in [0.15, 0.2) is 5.78 Å². The number of hydrogen-bond acceptors (Lipinski definition) is 5. The summed E-state index contributed by atoms with van der Waals surface area (Å²) < 4.78 is 5.35. The lowest BCUT2D eigenvalue weighted by Gasteiger charge is -2.39. The number of carbonyl (C=O) groups is 2. The van der Waals surface area contributed by atoms with Crippen molar-refractivity contribution in [2.45, 2.75) is 37.6 Å². The molecule has 0 saturated carbocycles. The Bertz CT molecular complexity index is 493. The number of ether oxygens (including phenoxy) is 1. The van der Waals surface area contributed by atoms with Gasteiger partial charge >= 0.3 is 0 Å². The topological polar surface area (TPSA) is 46.6 Å². The molecule has 1 aliphatic heterocycles. The van der Waals surface area contributed by atoms with Gasteiger partial charge in [-0.2, -0.15) is 0 Å². The predicted molar refractivity (Wildman–Crippen MR) is 95.4 cm³/mol. The number of hydrogen-bond donors (Lipinski definition) is 0. The van der Waals surface area contributed by atoms with Crippen molar-refractivity contribution in [3.8, 4) is 0 Å². The van der Waals surface area contributed by atoms with Gasteiger partial charge in [-0.25, -0.2) is 0 Å². The highest BCUT2D eigenvalue weighted by atomic mass is 32.2. The molecule has 5 heteroatoms. The molecule has 0 aliphatic carbocycles. The van der Waals surface area contributed by atoms with Crippen LogP contribution in [-0.2, 0) is 9.53 Å².